The van der Waals surface area contributed by atoms with Gasteiger partial charge in [0.2, 0.25) is 0 Å². The van der Waals surface area contributed by atoms with Crippen molar-refractivity contribution in [3.63, 3.8) is 0 Å². The fraction of sp³-hybridized carbons (Fsp3) is 0.400. The molecular formula is C15H17BrN2O. The Morgan fingerprint density at radius 1 is 1.37 bits per heavy atom. The van der Waals surface area contributed by atoms with Gasteiger partial charge >= 0.3 is 0 Å². The number of carbonyl (C=O) groups excluding carboxylic acids is 1. The highest BCUT2D eigenvalue weighted by Crippen LogP contribution is 2.25. The van der Waals surface area contributed by atoms with Crippen LogP contribution < -0.4 is 0 Å². The molecule has 2 heterocycles. The van der Waals surface area contributed by atoms with Crippen LogP contribution in [-0.4, -0.2) is 28.9 Å². The normalized spacial score (nSPS) is 17.1. The number of halogens is 1. The molecule has 19 heavy (non-hydrogen) atoms. The van der Waals surface area contributed by atoms with Gasteiger partial charge in [0.25, 0.3) is 5.91 Å². The van der Waals surface area contributed by atoms with Gasteiger partial charge in [0.1, 0.15) is 0 Å². The van der Waals surface area contributed by atoms with Crippen molar-refractivity contribution in [3.8, 4) is 0 Å². The largest absolute Gasteiger partial charge is 0.360 e. The fourth-order valence-electron chi connectivity index (χ4n) is 2.65. The van der Waals surface area contributed by atoms with Gasteiger partial charge in [-0.1, -0.05) is 22.9 Å². The van der Waals surface area contributed by atoms with Gasteiger partial charge in [0.05, 0.1) is 5.56 Å². The zero-order valence-corrected chi connectivity index (χ0v) is 12.5. The van der Waals surface area contributed by atoms with Crippen molar-refractivity contribution in [2.24, 2.45) is 5.92 Å². The van der Waals surface area contributed by atoms with Gasteiger partial charge in [-0.3, -0.25) is 4.79 Å². The molecule has 1 saturated heterocycles. The van der Waals surface area contributed by atoms with Gasteiger partial charge in [-0.05, 0) is 37.0 Å². The Morgan fingerprint density at radius 2 is 2.11 bits per heavy atom. The molecule has 1 fully saturated rings. The average molecular weight is 321 g/mol. The van der Waals surface area contributed by atoms with Crippen LogP contribution in [0.2, 0.25) is 0 Å². The minimum absolute atomic E-state index is 0.149. The van der Waals surface area contributed by atoms with Crippen LogP contribution in [0.15, 0.2) is 28.9 Å². The molecule has 1 aliphatic heterocycles. The van der Waals surface area contributed by atoms with E-state index in [1.54, 1.807) is 0 Å². The number of H-pyrrole nitrogens is 1. The van der Waals surface area contributed by atoms with E-state index in [4.69, 9.17) is 0 Å². The Morgan fingerprint density at radius 3 is 2.84 bits per heavy atom. The van der Waals surface area contributed by atoms with Crippen molar-refractivity contribution in [1.82, 2.24) is 9.88 Å². The molecule has 2 aromatic rings. The highest BCUT2D eigenvalue weighted by atomic mass is 79.9. The highest BCUT2D eigenvalue weighted by Gasteiger charge is 2.23. The van der Waals surface area contributed by atoms with E-state index in [1.807, 2.05) is 29.3 Å². The maximum Gasteiger partial charge on any atom is 0.256 e. The van der Waals surface area contributed by atoms with Crippen molar-refractivity contribution in [1.29, 1.82) is 0 Å². The molecule has 1 N–H and O–H groups in total. The van der Waals surface area contributed by atoms with Crippen molar-refractivity contribution in [2.45, 2.75) is 19.8 Å². The van der Waals surface area contributed by atoms with Crippen molar-refractivity contribution in [2.75, 3.05) is 13.1 Å². The number of hydrogen-bond donors (Lipinski definition) is 1. The van der Waals surface area contributed by atoms with Gasteiger partial charge in [-0.25, -0.2) is 0 Å². The first-order chi connectivity index (χ1) is 9.15. The van der Waals surface area contributed by atoms with Crippen LogP contribution in [0.25, 0.3) is 10.9 Å². The molecule has 100 valence electrons. The third-order valence-electron chi connectivity index (χ3n) is 3.95. The van der Waals surface area contributed by atoms with Gasteiger partial charge in [0.15, 0.2) is 0 Å². The van der Waals surface area contributed by atoms with Crippen LogP contribution in [0, 0.1) is 5.92 Å². The Labute approximate surface area is 121 Å². The summed E-state index contributed by atoms with van der Waals surface area (Å²) < 4.78 is 1.00. The van der Waals surface area contributed by atoms with E-state index >= 15 is 0 Å². The van der Waals surface area contributed by atoms with Gasteiger partial charge < -0.3 is 9.88 Å². The maximum atomic E-state index is 12.6. The molecule has 0 spiro atoms. The van der Waals surface area contributed by atoms with Gasteiger partial charge in [-0.2, -0.15) is 0 Å². The molecule has 0 atom stereocenters. The number of fused-ring (bicyclic) bond motifs is 1. The van der Waals surface area contributed by atoms with Gasteiger partial charge in [0, 0.05) is 34.7 Å². The van der Waals surface area contributed by atoms with Crippen LogP contribution in [-0.2, 0) is 0 Å². The molecule has 0 aliphatic carbocycles. The quantitative estimate of drug-likeness (QED) is 0.852. The highest BCUT2D eigenvalue weighted by molar-refractivity contribution is 9.10. The smallest absolute Gasteiger partial charge is 0.256 e. The lowest BCUT2D eigenvalue weighted by molar-refractivity contribution is 0.0699. The zero-order chi connectivity index (χ0) is 13.4. The second-order valence-corrected chi connectivity index (χ2v) is 6.28. The third kappa shape index (κ3) is 2.41. The molecule has 0 unspecified atom stereocenters. The van der Waals surface area contributed by atoms with E-state index in [9.17, 15) is 4.79 Å². The number of nitrogens with zero attached hydrogens (tertiary/aromatic N) is 1. The summed E-state index contributed by atoms with van der Waals surface area (Å²) in [4.78, 5) is 17.7. The molecule has 0 bridgehead atoms. The number of amides is 1. The summed E-state index contributed by atoms with van der Waals surface area (Å²) in [7, 11) is 0. The first-order valence-corrected chi connectivity index (χ1v) is 7.50. The summed E-state index contributed by atoms with van der Waals surface area (Å²) in [6.45, 7) is 4.01. The molecular weight excluding hydrogens is 304 g/mol. The predicted molar refractivity (Wildman–Crippen MR) is 80.3 cm³/mol. The summed E-state index contributed by atoms with van der Waals surface area (Å²) in [5.41, 5.74) is 1.79. The lowest BCUT2D eigenvalue weighted by atomic mass is 9.98. The van der Waals surface area contributed by atoms with E-state index < -0.39 is 0 Å². The first kappa shape index (κ1) is 12.7. The number of carbonyl (C=O) groups is 1. The summed E-state index contributed by atoms with van der Waals surface area (Å²) >= 11 is 3.47. The number of piperidine rings is 1. The van der Waals surface area contributed by atoms with E-state index in [0.29, 0.717) is 0 Å². The lowest BCUT2D eigenvalue weighted by Gasteiger charge is -2.30. The second kappa shape index (κ2) is 5.00. The standard InChI is InChI=1S/C15H17BrN2O/c1-10-4-6-18(7-5-10)15(19)13-9-17-14-3-2-11(16)8-12(13)14/h2-3,8-10,17H,4-7H2,1H3. The van der Waals surface area contributed by atoms with E-state index in [0.717, 1.165) is 52.8 Å². The maximum absolute atomic E-state index is 12.6. The number of likely N-dealkylation sites (tertiary alicyclic amines) is 1. The van der Waals surface area contributed by atoms with Crippen molar-refractivity contribution >= 4 is 32.7 Å². The predicted octanol–water partition coefficient (Wildman–Crippen LogP) is 3.80. The lowest BCUT2D eigenvalue weighted by Crippen LogP contribution is -2.37. The topological polar surface area (TPSA) is 36.1 Å². The molecule has 1 aromatic heterocycles. The Bertz CT molecular complexity index is 612. The van der Waals surface area contributed by atoms with Crippen LogP contribution >= 0.6 is 15.9 Å². The van der Waals surface area contributed by atoms with Crippen LogP contribution in [0.5, 0.6) is 0 Å². The molecule has 3 rings (SSSR count). The molecule has 0 radical (unpaired) electrons. The van der Waals surface area contributed by atoms with E-state index in [1.165, 1.54) is 0 Å². The Kier molecular flexibility index (Phi) is 3.35. The molecule has 1 aromatic carbocycles. The SMILES string of the molecule is CC1CCN(C(=O)c2c[nH]c3ccc(Br)cc23)CC1. The van der Waals surface area contributed by atoms with Crippen LogP contribution in [0.1, 0.15) is 30.1 Å². The summed E-state index contributed by atoms with van der Waals surface area (Å²) in [5.74, 6) is 0.886. The monoisotopic (exact) mass is 320 g/mol. The number of aromatic amines is 1. The number of benzene rings is 1. The summed E-state index contributed by atoms with van der Waals surface area (Å²) in [6, 6.07) is 5.98. The number of hydrogen-bond acceptors (Lipinski definition) is 1. The summed E-state index contributed by atoms with van der Waals surface area (Å²) in [5, 5.41) is 0.998. The molecule has 0 saturated carbocycles. The Balaban J connectivity index is 1.91. The molecule has 4 heteroatoms. The first-order valence-electron chi connectivity index (χ1n) is 6.71. The minimum Gasteiger partial charge on any atom is -0.360 e. The fourth-order valence-corrected chi connectivity index (χ4v) is 3.01. The molecule has 1 aliphatic rings. The van der Waals surface area contributed by atoms with Crippen molar-refractivity contribution in [3.05, 3.63) is 34.4 Å². The third-order valence-corrected chi connectivity index (χ3v) is 4.44. The number of aromatic nitrogens is 1. The average Bonchev–Trinajstić information content (AvgIpc) is 2.81. The number of rotatable bonds is 1. The van der Waals surface area contributed by atoms with Crippen LogP contribution in [0.4, 0.5) is 0 Å². The zero-order valence-electron chi connectivity index (χ0n) is 10.9. The van der Waals surface area contributed by atoms with Gasteiger partial charge in [-0.15, -0.1) is 0 Å². The van der Waals surface area contributed by atoms with E-state index in [2.05, 4.69) is 27.8 Å². The second-order valence-electron chi connectivity index (χ2n) is 5.37. The minimum atomic E-state index is 0.149. The summed E-state index contributed by atoms with van der Waals surface area (Å²) in [6.07, 6.45) is 4.05. The van der Waals surface area contributed by atoms with Crippen LogP contribution in [0.3, 0.4) is 0 Å². The Hall–Kier alpha value is -1.29. The van der Waals surface area contributed by atoms with Crippen molar-refractivity contribution < 1.29 is 4.79 Å². The molecule has 3 nitrogen and oxygen atoms in total. The van der Waals surface area contributed by atoms with E-state index in [-0.39, 0.29) is 5.91 Å². The number of nitrogens with one attached hydrogen (secondary N) is 1. The molecule has 1 amide bonds.